The number of hydrogen-bond donors (Lipinski definition) is 1. The fourth-order valence-electron chi connectivity index (χ4n) is 1.76. The predicted octanol–water partition coefficient (Wildman–Crippen LogP) is 2.41. The average molecular weight is 343 g/mol. The van der Waals surface area contributed by atoms with E-state index >= 15 is 0 Å². The molecule has 130 valence electrons. The van der Waals surface area contributed by atoms with Crippen LogP contribution in [0.4, 0.5) is 18.0 Å². The van der Waals surface area contributed by atoms with Gasteiger partial charge in [-0.1, -0.05) is 0 Å². The molecule has 0 saturated heterocycles. The molecule has 9 heteroatoms. The van der Waals surface area contributed by atoms with Crippen LogP contribution in [-0.4, -0.2) is 34.5 Å². The predicted molar refractivity (Wildman–Crippen MR) is 77.9 cm³/mol. The van der Waals surface area contributed by atoms with E-state index in [1.165, 1.54) is 0 Å². The van der Waals surface area contributed by atoms with Gasteiger partial charge >= 0.3 is 12.3 Å². The van der Waals surface area contributed by atoms with Gasteiger partial charge in [-0.3, -0.25) is 4.79 Å². The molecule has 0 aliphatic heterocycles. The van der Waals surface area contributed by atoms with Gasteiger partial charge in [-0.05, 0) is 32.4 Å². The maximum Gasteiger partial charge on any atom is 0.408 e. The normalized spacial score (nSPS) is 12.1. The molecule has 0 saturated carbocycles. The number of alkyl carbamates (subject to hydrolysis) is 1. The standard InChI is InChI=1S/C15H16F3N3O3/c1-15(2,3)24-14(23)21-12(13(22)7-20-19)5-8-4-10(17)11(18)6-9(8)16/h4,6-7,12H,5H2,1-3H3,(H,21,23)/t12-/m1/s1. The molecule has 1 aromatic carbocycles. The lowest BCUT2D eigenvalue weighted by Crippen LogP contribution is -2.45. The van der Waals surface area contributed by atoms with Gasteiger partial charge in [0, 0.05) is 12.5 Å². The topological polar surface area (TPSA) is 91.8 Å². The van der Waals surface area contributed by atoms with Gasteiger partial charge in [0.2, 0.25) is 0 Å². The number of rotatable bonds is 5. The monoisotopic (exact) mass is 343 g/mol. The molecule has 1 rings (SSSR count). The van der Waals surface area contributed by atoms with E-state index in [1.54, 1.807) is 20.8 Å². The SMILES string of the molecule is CC(C)(C)OC(=O)N[C@H](Cc1cc(F)c(F)cc1F)C(=O)C=[N+]=[N-]. The average Bonchev–Trinajstić information content (AvgIpc) is 2.42. The van der Waals surface area contributed by atoms with E-state index in [1.807, 2.05) is 0 Å². The Morgan fingerprint density at radius 1 is 1.25 bits per heavy atom. The Balaban J connectivity index is 3.03. The maximum atomic E-state index is 13.7. The van der Waals surface area contributed by atoms with Gasteiger partial charge in [-0.2, -0.15) is 4.79 Å². The van der Waals surface area contributed by atoms with E-state index in [9.17, 15) is 22.8 Å². The molecule has 6 nitrogen and oxygen atoms in total. The van der Waals surface area contributed by atoms with Crippen molar-refractivity contribution in [1.29, 1.82) is 0 Å². The molecule has 1 amide bonds. The molecule has 0 bridgehead atoms. The highest BCUT2D eigenvalue weighted by molar-refractivity contribution is 6.28. The number of nitrogens with one attached hydrogen (secondary N) is 1. The van der Waals surface area contributed by atoms with E-state index in [0.717, 1.165) is 0 Å². The van der Waals surface area contributed by atoms with Gasteiger partial charge in [0.05, 0.1) is 0 Å². The van der Waals surface area contributed by atoms with Crippen LogP contribution >= 0.6 is 0 Å². The second-order valence-corrected chi connectivity index (χ2v) is 5.91. The summed E-state index contributed by atoms with van der Waals surface area (Å²) < 4.78 is 44.9. The molecule has 1 aromatic rings. The fraction of sp³-hybridized carbons (Fsp3) is 0.400. The first kappa shape index (κ1) is 19.4. The second kappa shape index (κ2) is 7.74. The molecule has 0 unspecified atom stereocenters. The zero-order chi connectivity index (χ0) is 18.5. The molecule has 0 heterocycles. The van der Waals surface area contributed by atoms with Crippen LogP contribution in [-0.2, 0) is 16.0 Å². The largest absolute Gasteiger partial charge is 0.444 e. The Hall–Kier alpha value is -2.67. The summed E-state index contributed by atoms with van der Waals surface area (Å²) in [6, 6.07) is -0.479. The number of hydrogen-bond acceptors (Lipinski definition) is 3. The van der Waals surface area contributed by atoms with Crippen molar-refractivity contribution in [3.05, 3.63) is 40.7 Å². The number of amides is 1. The van der Waals surface area contributed by atoms with Crippen LogP contribution < -0.4 is 5.32 Å². The van der Waals surface area contributed by atoms with Crippen molar-refractivity contribution in [1.82, 2.24) is 5.32 Å². The van der Waals surface area contributed by atoms with Crippen molar-refractivity contribution in [3.8, 4) is 0 Å². The smallest absolute Gasteiger partial charge is 0.408 e. The van der Waals surface area contributed by atoms with Crippen LogP contribution in [0.1, 0.15) is 26.3 Å². The summed E-state index contributed by atoms with van der Waals surface area (Å²) in [5, 5.41) is 2.17. The number of halogens is 3. The molecule has 0 fully saturated rings. The van der Waals surface area contributed by atoms with E-state index in [4.69, 9.17) is 10.3 Å². The fourth-order valence-corrected chi connectivity index (χ4v) is 1.76. The zero-order valence-electron chi connectivity index (χ0n) is 13.3. The van der Waals surface area contributed by atoms with Crippen LogP contribution in [0, 0.1) is 17.5 Å². The van der Waals surface area contributed by atoms with Gasteiger partial charge in [0.1, 0.15) is 17.5 Å². The minimum Gasteiger partial charge on any atom is -0.444 e. The summed E-state index contributed by atoms with van der Waals surface area (Å²) in [6.45, 7) is 4.77. The summed E-state index contributed by atoms with van der Waals surface area (Å²) in [7, 11) is 0. The van der Waals surface area contributed by atoms with Crippen molar-refractivity contribution in [3.63, 3.8) is 0 Å². The lowest BCUT2D eigenvalue weighted by Gasteiger charge is -2.22. The minimum atomic E-state index is -1.39. The van der Waals surface area contributed by atoms with Crippen LogP contribution in [0.5, 0.6) is 0 Å². The summed E-state index contributed by atoms with van der Waals surface area (Å²) in [5.41, 5.74) is 7.24. The Kier molecular flexibility index (Phi) is 6.25. The summed E-state index contributed by atoms with van der Waals surface area (Å²) in [4.78, 5) is 26.1. The summed E-state index contributed by atoms with van der Waals surface area (Å²) in [6.07, 6.45) is -0.970. The third kappa shape index (κ3) is 5.85. The van der Waals surface area contributed by atoms with Crippen LogP contribution in [0.3, 0.4) is 0 Å². The molecular formula is C15H16F3N3O3. The van der Waals surface area contributed by atoms with Crippen molar-refractivity contribution in [2.24, 2.45) is 0 Å². The first-order valence-corrected chi connectivity index (χ1v) is 6.87. The summed E-state index contributed by atoms with van der Waals surface area (Å²) in [5.74, 6) is -4.65. The van der Waals surface area contributed by atoms with E-state index < -0.39 is 47.4 Å². The van der Waals surface area contributed by atoms with Gasteiger partial charge in [0.25, 0.3) is 5.78 Å². The first-order chi connectivity index (χ1) is 11.0. The van der Waals surface area contributed by atoms with E-state index in [2.05, 4.69) is 10.1 Å². The summed E-state index contributed by atoms with van der Waals surface area (Å²) >= 11 is 0. The first-order valence-electron chi connectivity index (χ1n) is 6.87. The Bertz CT molecular complexity index is 695. The highest BCUT2D eigenvalue weighted by atomic mass is 19.2. The molecule has 1 N–H and O–H groups in total. The zero-order valence-corrected chi connectivity index (χ0v) is 13.3. The number of Topliss-reactive ketones (excluding diaryl/α,β-unsaturated/α-hetero) is 1. The minimum absolute atomic E-state index is 0.333. The van der Waals surface area contributed by atoms with E-state index in [-0.39, 0.29) is 5.56 Å². The molecule has 0 aliphatic rings. The highest BCUT2D eigenvalue weighted by Gasteiger charge is 2.27. The van der Waals surface area contributed by atoms with Crippen LogP contribution in [0.15, 0.2) is 12.1 Å². The lowest BCUT2D eigenvalue weighted by atomic mass is 10.0. The molecular weight excluding hydrogens is 327 g/mol. The van der Waals surface area contributed by atoms with Gasteiger partial charge in [-0.15, -0.1) is 0 Å². The van der Waals surface area contributed by atoms with Crippen LogP contribution in [0.2, 0.25) is 0 Å². The quantitative estimate of drug-likeness (QED) is 0.385. The van der Waals surface area contributed by atoms with Gasteiger partial charge in [-0.25, -0.2) is 18.0 Å². The Morgan fingerprint density at radius 2 is 1.83 bits per heavy atom. The molecule has 24 heavy (non-hydrogen) atoms. The molecule has 0 spiro atoms. The maximum absolute atomic E-state index is 13.7. The number of nitrogens with zero attached hydrogens (tertiary/aromatic N) is 2. The second-order valence-electron chi connectivity index (χ2n) is 5.91. The Labute approximate surface area is 136 Å². The van der Waals surface area contributed by atoms with Crippen molar-refractivity contribution in [2.75, 3.05) is 0 Å². The van der Waals surface area contributed by atoms with Crippen molar-refractivity contribution < 1.29 is 32.3 Å². The van der Waals surface area contributed by atoms with Crippen LogP contribution in [0.25, 0.3) is 5.53 Å². The lowest BCUT2D eigenvalue weighted by molar-refractivity contribution is -0.118. The van der Waals surface area contributed by atoms with Gasteiger partial charge in [0.15, 0.2) is 11.6 Å². The number of ether oxygens (including phenoxy) is 1. The molecule has 1 atom stereocenters. The van der Waals surface area contributed by atoms with Crippen molar-refractivity contribution >= 4 is 18.1 Å². The van der Waals surface area contributed by atoms with Gasteiger partial charge < -0.3 is 15.6 Å². The number of ketones is 1. The number of carbonyl (C=O) groups is 2. The highest BCUT2D eigenvalue weighted by Crippen LogP contribution is 2.16. The van der Waals surface area contributed by atoms with Crippen molar-refractivity contribution in [2.45, 2.75) is 38.8 Å². The Morgan fingerprint density at radius 3 is 2.38 bits per heavy atom. The van der Waals surface area contributed by atoms with E-state index in [0.29, 0.717) is 18.3 Å². The molecule has 0 aliphatic carbocycles. The third-order valence-electron chi connectivity index (χ3n) is 2.73. The molecule has 0 aromatic heterocycles. The third-order valence-corrected chi connectivity index (χ3v) is 2.73. The number of carbonyl (C=O) groups excluding carboxylic acids is 2. The number of benzene rings is 1. The molecule has 0 radical (unpaired) electrons.